The monoisotopic (exact) mass is 380 g/mol. The van der Waals surface area contributed by atoms with Gasteiger partial charge in [0.05, 0.1) is 4.92 Å². The van der Waals surface area contributed by atoms with Gasteiger partial charge in [0.25, 0.3) is 5.91 Å². The summed E-state index contributed by atoms with van der Waals surface area (Å²) >= 11 is 5.78. The summed E-state index contributed by atoms with van der Waals surface area (Å²) in [6, 6.07) is 6.95. The Balaban J connectivity index is 1.81. The highest BCUT2D eigenvalue weighted by molar-refractivity contribution is 6.30. The third kappa shape index (κ3) is 5.03. The molecule has 0 fully saturated rings. The van der Waals surface area contributed by atoms with Gasteiger partial charge in [0.15, 0.2) is 6.61 Å². The number of amides is 1. The summed E-state index contributed by atoms with van der Waals surface area (Å²) in [4.78, 5) is 33.9. The summed E-state index contributed by atoms with van der Waals surface area (Å²) in [6.45, 7) is 2.48. The topological polar surface area (TPSA) is 116 Å². The van der Waals surface area contributed by atoms with E-state index in [-0.39, 0.29) is 30.2 Å². The molecule has 2 rings (SSSR count). The van der Waals surface area contributed by atoms with Gasteiger partial charge < -0.3 is 10.1 Å². The van der Waals surface area contributed by atoms with Crippen molar-refractivity contribution in [3.8, 4) is 0 Å². The lowest BCUT2D eigenvalue weighted by molar-refractivity contribution is -0.386. The van der Waals surface area contributed by atoms with Gasteiger partial charge in [0, 0.05) is 11.6 Å². The van der Waals surface area contributed by atoms with E-state index in [9.17, 15) is 19.7 Å². The van der Waals surface area contributed by atoms with Crippen molar-refractivity contribution in [1.82, 2.24) is 15.1 Å². The van der Waals surface area contributed by atoms with E-state index >= 15 is 0 Å². The Morgan fingerprint density at radius 2 is 1.96 bits per heavy atom. The molecule has 26 heavy (non-hydrogen) atoms. The number of aryl methyl sites for hydroxylation is 1. The maximum Gasteiger partial charge on any atom is 0.328 e. The molecule has 0 aliphatic heterocycles. The van der Waals surface area contributed by atoms with E-state index in [1.807, 2.05) is 0 Å². The van der Waals surface area contributed by atoms with E-state index in [0.717, 1.165) is 5.56 Å². The number of carbonyl (C=O) groups is 2. The summed E-state index contributed by atoms with van der Waals surface area (Å²) < 4.78 is 6.06. The van der Waals surface area contributed by atoms with E-state index in [2.05, 4.69) is 10.4 Å². The molecule has 1 aromatic carbocycles. The van der Waals surface area contributed by atoms with Gasteiger partial charge in [-0.2, -0.15) is 5.10 Å². The molecule has 1 aromatic heterocycles. The quantitative estimate of drug-likeness (QED) is 0.445. The molecule has 1 amide bonds. The molecule has 0 unspecified atom stereocenters. The zero-order valence-electron chi connectivity index (χ0n) is 14.2. The number of halogens is 1. The molecule has 1 N–H and O–H groups in total. The Morgan fingerprint density at radius 3 is 2.54 bits per heavy atom. The van der Waals surface area contributed by atoms with Crippen molar-refractivity contribution >= 4 is 29.2 Å². The van der Waals surface area contributed by atoms with Crippen LogP contribution in [0.1, 0.15) is 17.0 Å². The van der Waals surface area contributed by atoms with Crippen LogP contribution in [0.2, 0.25) is 5.02 Å². The van der Waals surface area contributed by atoms with Gasteiger partial charge in [-0.15, -0.1) is 0 Å². The molecule has 9 nitrogen and oxygen atoms in total. The van der Waals surface area contributed by atoms with Crippen molar-refractivity contribution in [2.24, 2.45) is 0 Å². The molecule has 0 bridgehead atoms. The summed E-state index contributed by atoms with van der Waals surface area (Å²) in [6.07, 6.45) is 0. The Hall–Kier alpha value is -2.94. The third-order valence-corrected chi connectivity index (χ3v) is 3.82. The number of hydrogen-bond donors (Lipinski definition) is 1. The molecular formula is C16H17ClN4O5. The first-order valence-electron chi connectivity index (χ1n) is 7.63. The number of hydrogen-bond acceptors (Lipinski definition) is 6. The molecule has 0 atom stereocenters. The molecule has 0 saturated carbocycles. The summed E-state index contributed by atoms with van der Waals surface area (Å²) in [5.74, 6) is -1.18. The van der Waals surface area contributed by atoms with Crippen LogP contribution in [0.25, 0.3) is 0 Å². The maximum absolute atomic E-state index is 11.8. The number of rotatable bonds is 7. The number of benzene rings is 1. The standard InChI is InChI=1S/C16H17ClN4O5/c1-10-16(21(24)25)11(2)20(19-10)8-15(23)26-9-14(22)18-7-12-3-5-13(17)6-4-12/h3-6H,7-9H2,1-2H3,(H,18,22). The summed E-state index contributed by atoms with van der Waals surface area (Å²) in [5, 5.41) is 18.1. The molecule has 0 aliphatic rings. The fourth-order valence-electron chi connectivity index (χ4n) is 2.27. The second kappa shape index (κ2) is 8.43. The van der Waals surface area contributed by atoms with E-state index in [1.165, 1.54) is 18.5 Å². The van der Waals surface area contributed by atoms with E-state index in [4.69, 9.17) is 16.3 Å². The van der Waals surface area contributed by atoms with E-state index in [0.29, 0.717) is 5.02 Å². The van der Waals surface area contributed by atoms with E-state index < -0.39 is 23.4 Å². The van der Waals surface area contributed by atoms with Crippen LogP contribution >= 0.6 is 11.6 Å². The zero-order chi connectivity index (χ0) is 19.3. The molecule has 0 saturated heterocycles. The van der Waals surface area contributed by atoms with E-state index in [1.54, 1.807) is 24.3 Å². The Morgan fingerprint density at radius 1 is 1.31 bits per heavy atom. The van der Waals surface area contributed by atoms with Crippen LogP contribution in [0, 0.1) is 24.0 Å². The van der Waals surface area contributed by atoms with Gasteiger partial charge in [0.2, 0.25) is 0 Å². The van der Waals surface area contributed by atoms with Crippen molar-refractivity contribution in [2.75, 3.05) is 6.61 Å². The highest BCUT2D eigenvalue weighted by Gasteiger charge is 2.23. The Kier molecular flexibility index (Phi) is 6.29. The third-order valence-electron chi connectivity index (χ3n) is 3.57. The molecule has 2 aromatic rings. The van der Waals surface area contributed by atoms with Gasteiger partial charge in [-0.1, -0.05) is 23.7 Å². The van der Waals surface area contributed by atoms with Crippen LogP contribution in [0.15, 0.2) is 24.3 Å². The average Bonchev–Trinajstić information content (AvgIpc) is 2.86. The van der Waals surface area contributed by atoms with Crippen molar-refractivity contribution < 1.29 is 19.2 Å². The van der Waals surface area contributed by atoms with Gasteiger partial charge in [-0.25, -0.2) is 0 Å². The number of nitrogens with zero attached hydrogens (tertiary/aromatic N) is 3. The van der Waals surface area contributed by atoms with Gasteiger partial charge in [-0.05, 0) is 31.5 Å². The van der Waals surface area contributed by atoms with Crippen molar-refractivity contribution in [1.29, 1.82) is 0 Å². The zero-order valence-corrected chi connectivity index (χ0v) is 14.9. The highest BCUT2D eigenvalue weighted by atomic mass is 35.5. The van der Waals surface area contributed by atoms with Gasteiger partial charge >= 0.3 is 11.7 Å². The van der Waals surface area contributed by atoms with Crippen LogP contribution in [-0.4, -0.2) is 33.2 Å². The highest BCUT2D eigenvalue weighted by Crippen LogP contribution is 2.21. The first-order valence-corrected chi connectivity index (χ1v) is 8.01. The number of nitro groups is 1. The lowest BCUT2D eigenvalue weighted by Crippen LogP contribution is -2.29. The maximum atomic E-state index is 11.8. The van der Waals surface area contributed by atoms with Crippen molar-refractivity contribution in [3.05, 3.63) is 56.4 Å². The predicted molar refractivity (Wildman–Crippen MR) is 92.6 cm³/mol. The van der Waals surface area contributed by atoms with Crippen LogP contribution < -0.4 is 5.32 Å². The fraction of sp³-hybridized carbons (Fsp3) is 0.312. The molecule has 1 heterocycles. The van der Waals surface area contributed by atoms with Crippen LogP contribution in [0.4, 0.5) is 5.69 Å². The minimum absolute atomic E-state index is 0.140. The number of esters is 1. The first-order chi connectivity index (χ1) is 12.3. The predicted octanol–water partition coefficient (Wildman–Crippen LogP) is 1.92. The smallest absolute Gasteiger partial charge is 0.328 e. The SMILES string of the molecule is Cc1nn(CC(=O)OCC(=O)NCc2ccc(Cl)cc2)c(C)c1[N+](=O)[O-]. The number of carbonyl (C=O) groups excluding carboxylic acids is 2. The molecule has 10 heteroatoms. The van der Waals surface area contributed by atoms with Crippen LogP contribution in [-0.2, 0) is 27.4 Å². The lowest BCUT2D eigenvalue weighted by atomic mass is 10.2. The minimum atomic E-state index is -0.716. The minimum Gasteiger partial charge on any atom is -0.454 e. The number of aromatic nitrogens is 2. The Bertz CT molecular complexity index is 832. The Labute approximate surface area is 154 Å². The normalized spacial score (nSPS) is 10.4. The van der Waals surface area contributed by atoms with Crippen LogP contribution in [0.5, 0.6) is 0 Å². The summed E-state index contributed by atoms with van der Waals surface area (Å²) in [5.41, 5.74) is 1.17. The lowest BCUT2D eigenvalue weighted by Gasteiger charge is -2.07. The number of ether oxygens (including phenoxy) is 1. The molecule has 0 radical (unpaired) electrons. The molecule has 0 aliphatic carbocycles. The van der Waals surface area contributed by atoms with Crippen molar-refractivity contribution in [2.45, 2.75) is 26.9 Å². The van der Waals surface area contributed by atoms with Crippen molar-refractivity contribution in [3.63, 3.8) is 0 Å². The molecule has 0 spiro atoms. The van der Waals surface area contributed by atoms with Gasteiger partial charge in [0.1, 0.15) is 17.9 Å². The fourth-order valence-corrected chi connectivity index (χ4v) is 2.40. The second-order valence-electron chi connectivity index (χ2n) is 5.50. The molecule has 138 valence electrons. The van der Waals surface area contributed by atoms with Crippen LogP contribution in [0.3, 0.4) is 0 Å². The van der Waals surface area contributed by atoms with Gasteiger partial charge in [-0.3, -0.25) is 24.4 Å². The second-order valence-corrected chi connectivity index (χ2v) is 5.93. The largest absolute Gasteiger partial charge is 0.454 e. The summed E-state index contributed by atoms with van der Waals surface area (Å²) in [7, 11) is 0. The number of nitrogens with one attached hydrogen (secondary N) is 1. The average molecular weight is 381 g/mol. The first kappa shape index (κ1) is 19.4. The molecular weight excluding hydrogens is 364 g/mol.